The van der Waals surface area contributed by atoms with Gasteiger partial charge in [0.05, 0.1) is 44.1 Å². The van der Waals surface area contributed by atoms with Crippen molar-refractivity contribution in [3.05, 3.63) is 364 Å². The van der Waals surface area contributed by atoms with E-state index in [2.05, 4.69) is 358 Å². The molecule has 6 aromatic heterocycles. The zero-order valence-corrected chi connectivity index (χ0v) is 55.2. The fourth-order valence-electron chi connectivity index (χ4n) is 16.4. The molecule has 0 amide bonds. The lowest BCUT2D eigenvalue weighted by atomic mass is 9.99. The first-order chi connectivity index (χ1) is 50.6. The van der Waals surface area contributed by atoms with E-state index in [1.165, 1.54) is 143 Å². The van der Waals surface area contributed by atoms with Crippen LogP contribution in [0.3, 0.4) is 0 Å². The lowest BCUT2D eigenvalue weighted by molar-refractivity contribution is 0.668. The van der Waals surface area contributed by atoms with Gasteiger partial charge in [-0.25, -0.2) is 0 Å². The maximum absolute atomic E-state index is 6.19. The molecule has 0 aliphatic heterocycles. The summed E-state index contributed by atoms with van der Waals surface area (Å²) in [6.07, 6.45) is 0. The maximum Gasteiger partial charge on any atom is 0.136 e. The summed E-state index contributed by atoms with van der Waals surface area (Å²) in [5, 5.41) is 14.6. The number of hydrogen-bond acceptors (Lipinski definition) is 2. The van der Waals surface area contributed by atoms with E-state index < -0.39 is 0 Å². The van der Waals surface area contributed by atoms with Crippen molar-refractivity contribution in [2.24, 2.45) is 0 Å². The molecule has 16 aromatic carbocycles. The first kappa shape index (κ1) is 57.4. The molecular weight excluding hydrogens is 1240 g/mol. The maximum atomic E-state index is 6.19. The highest BCUT2D eigenvalue weighted by Gasteiger charge is 2.21. The van der Waals surface area contributed by atoms with Crippen molar-refractivity contribution in [3.63, 3.8) is 0 Å². The normalized spacial score (nSPS) is 11.9. The van der Waals surface area contributed by atoms with Crippen LogP contribution in [-0.4, -0.2) is 18.3 Å². The molecule has 102 heavy (non-hydrogen) atoms. The molecule has 0 fully saturated rings. The number of benzene rings is 16. The standard InChI is InChI=1S/2C48H30N2O/c1-2-11-34(12-3-1)49-42-17-7-4-13-37(42)40-29-32(23-27-44(40)49)33-24-28-45-41(30-33)38-14-5-8-18-43(38)50(45)35-25-21-31(22-26-35)36-16-10-20-47-48(36)39-15-6-9-19-46(39)51-47;1-2-10-35(11-3-1)49-43-15-7-4-12-37(43)40-28-33(20-25-45(40)49)34-21-26-46-41(29-34)38-13-5-8-16-44(38)50(46)36-23-18-31(19-24-36)32-22-27-48-42(30-32)39-14-6-9-17-47(39)51-48/h2*1-30H. The molecule has 6 heteroatoms. The van der Waals surface area contributed by atoms with Crippen LogP contribution in [0.1, 0.15) is 0 Å². The minimum atomic E-state index is 0.914. The summed E-state index contributed by atoms with van der Waals surface area (Å²) in [6.45, 7) is 0. The summed E-state index contributed by atoms with van der Waals surface area (Å²) >= 11 is 0. The Morgan fingerprint density at radius 3 is 0.882 bits per heavy atom. The van der Waals surface area contributed by atoms with Gasteiger partial charge in [0.15, 0.2) is 0 Å². The molecule has 0 N–H and O–H groups in total. The van der Waals surface area contributed by atoms with E-state index in [1.807, 2.05) is 24.3 Å². The molecule has 0 saturated carbocycles. The fraction of sp³-hybridized carbons (Fsp3) is 0. The van der Waals surface area contributed by atoms with Crippen LogP contribution in [0, 0.1) is 0 Å². The van der Waals surface area contributed by atoms with Crippen molar-refractivity contribution in [2.75, 3.05) is 0 Å². The Bertz CT molecular complexity index is 7100. The molecule has 0 radical (unpaired) electrons. The van der Waals surface area contributed by atoms with Gasteiger partial charge >= 0.3 is 0 Å². The topological polar surface area (TPSA) is 46.0 Å². The number of nitrogens with zero attached hydrogens (tertiary/aromatic N) is 4. The monoisotopic (exact) mass is 1300 g/mol. The van der Waals surface area contributed by atoms with E-state index in [0.29, 0.717) is 0 Å². The predicted octanol–water partition coefficient (Wildman–Crippen LogP) is 26.2. The average molecular weight is 1300 g/mol. The third-order valence-corrected chi connectivity index (χ3v) is 21.1. The van der Waals surface area contributed by atoms with E-state index >= 15 is 0 Å². The molecule has 0 aliphatic rings. The van der Waals surface area contributed by atoms with Gasteiger partial charge < -0.3 is 27.1 Å². The Hall–Kier alpha value is -13.7. The van der Waals surface area contributed by atoms with Crippen molar-refractivity contribution in [2.45, 2.75) is 0 Å². The van der Waals surface area contributed by atoms with Gasteiger partial charge in [0, 0.05) is 87.4 Å². The molecular formula is C96H60N4O2. The minimum Gasteiger partial charge on any atom is -0.456 e. The van der Waals surface area contributed by atoms with Gasteiger partial charge in [0.25, 0.3) is 0 Å². The van der Waals surface area contributed by atoms with Crippen LogP contribution < -0.4 is 0 Å². The SMILES string of the molecule is c1ccc(-n2c3ccccc3c3cc(-c4ccc5c(c4)c4ccccc4n5-c4ccc(-c5ccc6oc7ccccc7c6c5)cc4)ccc32)cc1.c1ccc(-n2c3ccccc3c3cc(-c4ccc5c(c4)c4ccccc4n5-c4ccc(-c5cccc6oc7ccccc7c56)cc4)ccc32)cc1. The van der Waals surface area contributed by atoms with E-state index in [4.69, 9.17) is 8.83 Å². The van der Waals surface area contributed by atoms with Gasteiger partial charge in [-0.05, 0) is 196 Å². The highest BCUT2D eigenvalue weighted by atomic mass is 16.3. The summed E-state index contributed by atoms with van der Waals surface area (Å²) in [7, 11) is 0. The summed E-state index contributed by atoms with van der Waals surface area (Å²) in [5.74, 6) is 0. The zero-order chi connectivity index (χ0) is 66.9. The Kier molecular flexibility index (Phi) is 12.9. The average Bonchev–Trinajstić information content (AvgIpc) is 1.59. The van der Waals surface area contributed by atoms with E-state index in [-0.39, 0.29) is 0 Å². The molecule has 0 bridgehead atoms. The number of furan rings is 2. The lowest BCUT2D eigenvalue weighted by Gasteiger charge is -2.11. The zero-order valence-electron chi connectivity index (χ0n) is 55.2. The highest BCUT2D eigenvalue weighted by molar-refractivity contribution is 6.16. The third-order valence-electron chi connectivity index (χ3n) is 21.1. The molecule has 6 heterocycles. The Morgan fingerprint density at radius 2 is 0.441 bits per heavy atom. The van der Waals surface area contributed by atoms with E-state index in [9.17, 15) is 0 Å². The van der Waals surface area contributed by atoms with E-state index in [1.54, 1.807) is 0 Å². The van der Waals surface area contributed by atoms with Crippen LogP contribution in [0.2, 0.25) is 0 Å². The number of para-hydroxylation sites is 8. The van der Waals surface area contributed by atoms with Gasteiger partial charge in [-0.3, -0.25) is 0 Å². The number of fused-ring (bicyclic) bond motifs is 18. The van der Waals surface area contributed by atoms with Crippen molar-refractivity contribution in [3.8, 4) is 67.3 Å². The van der Waals surface area contributed by atoms with Crippen LogP contribution in [0.15, 0.2) is 373 Å². The number of rotatable bonds is 8. The van der Waals surface area contributed by atoms with Gasteiger partial charge in [-0.1, -0.05) is 212 Å². The summed E-state index contributed by atoms with van der Waals surface area (Å²) < 4.78 is 21.8. The summed E-state index contributed by atoms with van der Waals surface area (Å²) in [4.78, 5) is 0. The van der Waals surface area contributed by atoms with Crippen LogP contribution in [-0.2, 0) is 0 Å². The summed E-state index contributed by atoms with van der Waals surface area (Å²) in [5.41, 5.74) is 27.5. The smallest absolute Gasteiger partial charge is 0.136 e. The molecule has 0 atom stereocenters. The second-order valence-corrected chi connectivity index (χ2v) is 26.7. The molecule has 0 unspecified atom stereocenters. The number of aromatic nitrogens is 4. The van der Waals surface area contributed by atoms with Crippen molar-refractivity contribution in [1.29, 1.82) is 0 Å². The Labute approximate surface area is 585 Å². The Morgan fingerprint density at radius 1 is 0.157 bits per heavy atom. The quantitative estimate of drug-likeness (QED) is 0.152. The van der Waals surface area contributed by atoms with Gasteiger partial charge in [-0.15, -0.1) is 0 Å². The fourth-order valence-corrected chi connectivity index (χ4v) is 16.4. The Balaban J connectivity index is 0.000000133. The van der Waals surface area contributed by atoms with Gasteiger partial charge in [0.2, 0.25) is 0 Å². The predicted molar refractivity (Wildman–Crippen MR) is 427 cm³/mol. The molecule has 0 spiro atoms. The molecule has 22 rings (SSSR count). The molecule has 6 nitrogen and oxygen atoms in total. The van der Waals surface area contributed by atoms with Crippen LogP contribution in [0.25, 0.3) is 198 Å². The van der Waals surface area contributed by atoms with Crippen LogP contribution >= 0.6 is 0 Å². The van der Waals surface area contributed by atoms with Crippen LogP contribution in [0.5, 0.6) is 0 Å². The lowest BCUT2D eigenvalue weighted by Crippen LogP contribution is -1.94. The molecule has 0 aliphatic carbocycles. The summed E-state index contributed by atoms with van der Waals surface area (Å²) in [6, 6.07) is 131. The second-order valence-electron chi connectivity index (χ2n) is 26.7. The van der Waals surface area contributed by atoms with Gasteiger partial charge in [0.1, 0.15) is 22.3 Å². The largest absolute Gasteiger partial charge is 0.456 e. The second kappa shape index (κ2) is 23.0. The number of hydrogen-bond donors (Lipinski definition) is 0. The third kappa shape index (κ3) is 9.06. The molecule has 22 aromatic rings. The van der Waals surface area contributed by atoms with E-state index in [0.717, 1.165) is 55.3 Å². The first-order valence-corrected chi connectivity index (χ1v) is 34.9. The minimum absolute atomic E-state index is 0.914. The van der Waals surface area contributed by atoms with Gasteiger partial charge in [-0.2, -0.15) is 0 Å². The van der Waals surface area contributed by atoms with Crippen molar-refractivity contribution in [1.82, 2.24) is 18.3 Å². The van der Waals surface area contributed by atoms with Crippen molar-refractivity contribution >= 4 is 131 Å². The molecule has 476 valence electrons. The molecule has 0 saturated heterocycles. The van der Waals surface area contributed by atoms with Crippen molar-refractivity contribution < 1.29 is 8.83 Å². The first-order valence-electron chi connectivity index (χ1n) is 34.9. The van der Waals surface area contributed by atoms with Crippen LogP contribution in [0.4, 0.5) is 0 Å². The highest BCUT2D eigenvalue weighted by Crippen LogP contribution is 2.44.